The number of hydrazine groups is 1. The maximum Gasteiger partial charge on any atom is 0.248 e. The van der Waals surface area contributed by atoms with Crippen LogP contribution in [0, 0.1) is 11.8 Å². The molecule has 0 aromatic rings. The molecule has 3 N–H and O–H groups in total. The van der Waals surface area contributed by atoms with Gasteiger partial charge in [0.25, 0.3) is 0 Å². The summed E-state index contributed by atoms with van der Waals surface area (Å²) in [5, 5.41) is 0. The zero-order valence-electron chi connectivity index (χ0n) is 8.42. The number of carbonyl (C=O) groups excluding carboxylic acids is 1. The van der Waals surface area contributed by atoms with Crippen LogP contribution in [0.5, 0.6) is 0 Å². The number of likely N-dealkylation sites (tertiary alicyclic amines) is 1. The molecule has 0 radical (unpaired) electrons. The van der Waals surface area contributed by atoms with Crippen molar-refractivity contribution < 1.29 is 4.79 Å². The van der Waals surface area contributed by atoms with Gasteiger partial charge in [0, 0.05) is 6.54 Å². The fourth-order valence-corrected chi connectivity index (χ4v) is 1.80. The lowest BCUT2D eigenvalue weighted by atomic mass is 9.95. The van der Waals surface area contributed by atoms with Gasteiger partial charge in [-0.2, -0.15) is 0 Å². The fourth-order valence-electron chi connectivity index (χ4n) is 1.80. The van der Waals surface area contributed by atoms with E-state index in [2.05, 4.69) is 24.2 Å². The number of carbonyl (C=O) groups is 1. The van der Waals surface area contributed by atoms with Crippen LogP contribution in [0.15, 0.2) is 0 Å². The number of hydrogen-bond donors (Lipinski definition) is 2. The lowest BCUT2D eigenvalue weighted by Crippen LogP contribution is -2.39. The van der Waals surface area contributed by atoms with Gasteiger partial charge in [-0.3, -0.25) is 15.1 Å². The zero-order chi connectivity index (χ0) is 9.84. The van der Waals surface area contributed by atoms with Crippen molar-refractivity contribution in [3.8, 4) is 0 Å². The molecular formula is C9H19N3O. The third-order valence-electron chi connectivity index (χ3n) is 2.78. The molecule has 1 atom stereocenters. The summed E-state index contributed by atoms with van der Waals surface area (Å²) in [4.78, 5) is 13.1. The monoisotopic (exact) mass is 185 g/mol. The fraction of sp³-hybridized carbons (Fsp3) is 0.889. The highest BCUT2D eigenvalue weighted by Gasteiger charge is 2.25. The standard InChI is InChI=1S/C9H19N3O/c1-7(2)8-3-4-12(5-8)6-9(13)11-10/h7-8H,3-6,10H2,1-2H3,(H,11,13). The smallest absolute Gasteiger partial charge is 0.248 e. The Hall–Kier alpha value is -0.610. The molecule has 1 fully saturated rings. The topological polar surface area (TPSA) is 58.4 Å². The average molecular weight is 185 g/mol. The Morgan fingerprint density at radius 2 is 2.38 bits per heavy atom. The maximum absolute atomic E-state index is 11.0. The molecule has 4 nitrogen and oxygen atoms in total. The molecule has 0 bridgehead atoms. The summed E-state index contributed by atoms with van der Waals surface area (Å²) >= 11 is 0. The highest BCUT2D eigenvalue weighted by molar-refractivity contribution is 5.77. The molecule has 0 spiro atoms. The van der Waals surface area contributed by atoms with E-state index >= 15 is 0 Å². The van der Waals surface area contributed by atoms with Gasteiger partial charge in [-0.25, -0.2) is 5.84 Å². The Labute approximate surface area is 79.4 Å². The Morgan fingerprint density at radius 1 is 1.69 bits per heavy atom. The van der Waals surface area contributed by atoms with E-state index < -0.39 is 0 Å². The van der Waals surface area contributed by atoms with Gasteiger partial charge in [-0.1, -0.05) is 13.8 Å². The second-order valence-corrected chi connectivity index (χ2v) is 4.10. The highest BCUT2D eigenvalue weighted by atomic mass is 16.2. The summed E-state index contributed by atoms with van der Waals surface area (Å²) in [6, 6.07) is 0. The van der Waals surface area contributed by atoms with Gasteiger partial charge in [0.2, 0.25) is 5.91 Å². The van der Waals surface area contributed by atoms with Crippen molar-refractivity contribution in [1.29, 1.82) is 0 Å². The van der Waals surface area contributed by atoms with Crippen LogP contribution in [-0.4, -0.2) is 30.4 Å². The zero-order valence-corrected chi connectivity index (χ0v) is 8.42. The van der Waals surface area contributed by atoms with Gasteiger partial charge < -0.3 is 0 Å². The largest absolute Gasteiger partial charge is 0.294 e. The Kier molecular flexibility index (Phi) is 3.69. The molecule has 0 aromatic carbocycles. The summed E-state index contributed by atoms with van der Waals surface area (Å²) in [6.07, 6.45) is 1.20. The van der Waals surface area contributed by atoms with Crippen molar-refractivity contribution in [2.24, 2.45) is 17.7 Å². The van der Waals surface area contributed by atoms with Gasteiger partial charge in [0.1, 0.15) is 0 Å². The number of nitrogens with zero attached hydrogens (tertiary/aromatic N) is 1. The molecule has 1 amide bonds. The van der Waals surface area contributed by atoms with E-state index in [0.717, 1.165) is 19.0 Å². The van der Waals surface area contributed by atoms with Crippen molar-refractivity contribution in [3.63, 3.8) is 0 Å². The molecule has 0 saturated carbocycles. The number of rotatable bonds is 3. The van der Waals surface area contributed by atoms with Crippen LogP contribution in [0.1, 0.15) is 20.3 Å². The molecule has 1 unspecified atom stereocenters. The van der Waals surface area contributed by atoms with Crippen LogP contribution in [0.3, 0.4) is 0 Å². The highest BCUT2D eigenvalue weighted by Crippen LogP contribution is 2.22. The minimum Gasteiger partial charge on any atom is -0.294 e. The Balaban J connectivity index is 2.29. The van der Waals surface area contributed by atoms with Gasteiger partial charge in [0.15, 0.2) is 0 Å². The van der Waals surface area contributed by atoms with Crippen molar-refractivity contribution in [2.75, 3.05) is 19.6 Å². The van der Waals surface area contributed by atoms with Gasteiger partial charge in [-0.05, 0) is 24.8 Å². The molecule has 1 heterocycles. The van der Waals surface area contributed by atoms with Gasteiger partial charge in [-0.15, -0.1) is 0 Å². The quantitative estimate of drug-likeness (QED) is 0.368. The molecule has 13 heavy (non-hydrogen) atoms. The molecule has 1 aliphatic heterocycles. The first-order valence-electron chi connectivity index (χ1n) is 4.85. The minimum absolute atomic E-state index is 0.0931. The molecule has 1 saturated heterocycles. The number of hydrogen-bond acceptors (Lipinski definition) is 3. The van der Waals surface area contributed by atoms with Crippen molar-refractivity contribution in [3.05, 3.63) is 0 Å². The summed E-state index contributed by atoms with van der Waals surface area (Å²) in [5.74, 6) is 6.38. The number of nitrogens with one attached hydrogen (secondary N) is 1. The van der Waals surface area contributed by atoms with Crippen molar-refractivity contribution in [2.45, 2.75) is 20.3 Å². The molecule has 4 heteroatoms. The van der Waals surface area contributed by atoms with E-state index in [1.54, 1.807) is 0 Å². The van der Waals surface area contributed by atoms with Crippen LogP contribution < -0.4 is 11.3 Å². The first kappa shape index (κ1) is 10.5. The average Bonchev–Trinajstić information content (AvgIpc) is 2.52. The van der Waals surface area contributed by atoms with E-state index in [1.165, 1.54) is 6.42 Å². The number of amides is 1. The molecule has 1 rings (SSSR count). The molecular weight excluding hydrogens is 166 g/mol. The van der Waals surface area contributed by atoms with Crippen molar-refractivity contribution >= 4 is 5.91 Å². The third-order valence-corrected chi connectivity index (χ3v) is 2.78. The lowest BCUT2D eigenvalue weighted by Gasteiger charge is -2.16. The molecule has 1 aliphatic rings. The molecule has 0 aliphatic carbocycles. The summed E-state index contributed by atoms with van der Waals surface area (Å²) in [6.45, 7) is 6.97. The van der Waals surface area contributed by atoms with Crippen molar-refractivity contribution in [1.82, 2.24) is 10.3 Å². The first-order chi connectivity index (χ1) is 6.13. The predicted octanol–water partition coefficient (Wildman–Crippen LogP) is -0.0458. The summed E-state index contributed by atoms with van der Waals surface area (Å²) in [7, 11) is 0. The van der Waals surface area contributed by atoms with E-state index in [4.69, 9.17) is 5.84 Å². The van der Waals surface area contributed by atoms with Gasteiger partial charge in [0.05, 0.1) is 6.54 Å². The number of nitrogens with two attached hydrogens (primary N) is 1. The maximum atomic E-state index is 11.0. The second kappa shape index (κ2) is 4.58. The van der Waals surface area contributed by atoms with Crippen LogP contribution in [-0.2, 0) is 4.79 Å². The predicted molar refractivity (Wildman–Crippen MR) is 51.7 cm³/mol. The molecule has 0 aromatic heterocycles. The van der Waals surface area contributed by atoms with Crippen LogP contribution in [0.25, 0.3) is 0 Å². The van der Waals surface area contributed by atoms with E-state index in [0.29, 0.717) is 12.5 Å². The summed E-state index contributed by atoms with van der Waals surface area (Å²) in [5.41, 5.74) is 2.16. The van der Waals surface area contributed by atoms with Crippen LogP contribution in [0.2, 0.25) is 0 Å². The second-order valence-electron chi connectivity index (χ2n) is 4.10. The minimum atomic E-state index is -0.0931. The van der Waals surface area contributed by atoms with Crippen LogP contribution >= 0.6 is 0 Å². The molecule has 76 valence electrons. The third kappa shape index (κ3) is 2.97. The van der Waals surface area contributed by atoms with Crippen LogP contribution in [0.4, 0.5) is 0 Å². The summed E-state index contributed by atoms with van der Waals surface area (Å²) < 4.78 is 0. The lowest BCUT2D eigenvalue weighted by molar-refractivity contribution is -0.122. The SMILES string of the molecule is CC(C)C1CCN(CC(=O)NN)C1. The Morgan fingerprint density at radius 3 is 2.85 bits per heavy atom. The van der Waals surface area contributed by atoms with Gasteiger partial charge >= 0.3 is 0 Å². The van der Waals surface area contributed by atoms with E-state index in [1.807, 2.05) is 0 Å². The van der Waals surface area contributed by atoms with E-state index in [-0.39, 0.29) is 5.91 Å². The Bertz CT molecular complexity index is 182. The van der Waals surface area contributed by atoms with E-state index in [9.17, 15) is 4.79 Å². The normalized spacial score (nSPS) is 23.8. The first-order valence-corrected chi connectivity index (χ1v) is 4.85.